The molecule has 1 heterocycles. The molecule has 0 atom stereocenters. The number of nitriles is 1. The fourth-order valence-electron chi connectivity index (χ4n) is 1.51. The van der Waals surface area contributed by atoms with E-state index in [9.17, 15) is 8.42 Å². The Bertz CT molecular complexity index is 778. The van der Waals surface area contributed by atoms with Crippen LogP contribution in [-0.2, 0) is 10.0 Å². The minimum Gasteiger partial charge on any atom is -0.495 e. The van der Waals surface area contributed by atoms with Crippen LogP contribution in [0, 0.1) is 11.3 Å². The lowest BCUT2D eigenvalue weighted by atomic mass is 10.3. The molecule has 0 unspecified atom stereocenters. The maximum absolute atomic E-state index is 12.4. The highest BCUT2D eigenvalue weighted by atomic mass is 79.9. The Labute approximate surface area is 129 Å². The van der Waals surface area contributed by atoms with Crippen LogP contribution in [0.5, 0.6) is 5.75 Å². The summed E-state index contributed by atoms with van der Waals surface area (Å²) in [5.74, 6) is 0.232. The molecule has 2 aromatic rings. The van der Waals surface area contributed by atoms with Gasteiger partial charge >= 0.3 is 0 Å². The molecule has 1 N–H and O–H groups in total. The molecule has 0 radical (unpaired) electrons. The van der Waals surface area contributed by atoms with Gasteiger partial charge in [-0.25, -0.2) is 8.42 Å². The van der Waals surface area contributed by atoms with Crippen LogP contribution in [0.2, 0.25) is 0 Å². The van der Waals surface area contributed by atoms with Gasteiger partial charge in [0.25, 0.3) is 10.0 Å². The normalized spacial score (nSPS) is 10.8. The highest BCUT2D eigenvalue weighted by Gasteiger charge is 2.21. The van der Waals surface area contributed by atoms with Crippen molar-refractivity contribution in [1.82, 2.24) is 0 Å². The summed E-state index contributed by atoms with van der Waals surface area (Å²) in [6.45, 7) is 0. The van der Waals surface area contributed by atoms with Gasteiger partial charge in [-0.1, -0.05) is 15.9 Å². The molecule has 0 amide bonds. The van der Waals surface area contributed by atoms with Crippen LogP contribution in [0.15, 0.2) is 39.0 Å². The van der Waals surface area contributed by atoms with Gasteiger partial charge in [-0.2, -0.15) is 5.26 Å². The van der Waals surface area contributed by atoms with E-state index in [4.69, 9.17) is 10.00 Å². The fraction of sp³-hybridized carbons (Fsp3) is 0.0833. The van der Waals surface area contributed by atoms with Crippen LogP contribution in [0.3, 0.4) is 0 Å². The van der Waals surface area contributed by atoms with Gasteiger partial charge in [-0.15, -0.1) is 11.3 Å². The van der Waals surface area contributed by atoms with Crippen molar-refractivity contribution in [2.75, 3.05) is 11.8 Å². The van der Waals surface area contributed by atoms with Gasteiger partial charge in [0.15, 0.2) is 0 Å². The van der Waals surface area contributed by atoms with Crippen molar-refractivity contribution >= 4 is 42.3 Å². The average molecular weight is 373 g/mol. The van der Waals surface area contributed by atoms with Gasteiger partial charge in [-0.3, -0.25) is 4.72 Å². The number of benzene rings is 1. The second kappa shape index (κ2) is 5.83. The number of sulfonamides is 1. The number of methoxy groups -OCH3 is 1. The molecule has 0 aliphatic rings. The summed E-state index contributed by atoms with van der Waals surface area (Å²) in [5.41, 5.74) is 0.285. The molecule has 0 bridgehead atoms. The first-order chi connectivity index (χ1) is 9.47. The molecule has 1 aromatic carbocycles. The van der Waals surface area contributed by atoms with Crippen molar-refractivity contribution in [3.05, 3.63) is 39.7 Å². The number of rotatable bonds is 4. The van der Waals surface area contributed by atoms with Crippen LogP contribution in [0.25, 0.3) is 0 Å². The maximum Gasteiger partial charge on any atom is 0.266 e. The number of nitrogens with one attached hydrogen (secondary N) is 1. The Hall–Kier alpha value is -1.56. The molecule has 0 saturated heterocycles. The summed E-state index contributed by atoms with van der Waals surface area (Å²) in [5, 5.41) is 10.8. The van der Waals surface area contributed by atoms with E-state index in [1.165, 1.54) is 13.2 Å². The lowest BCUT2D eigenvalue weighted by molar-refractivity contribution is 0.403. The second-order valence-corrected chi connectivity index (χ2v) is 7.16. The third-order valence-corrected chi connectivity index (χ3v) is 5.25. The first-order valence-corrected chi connectivity index (χ1v) is 8.47. The van der Waals surface area contributed by atoms with Crippen LogP contribution in [0.1, 0.15) is 5.56 Å². The minimum atomic E-state index is -3.83. The van der Waals surface area contributed by atoms with E-state index in [1.807, 2.05) is 6.07 Å². The van der Waals surface area contributed by atoms with Crippen LogP contribution >= 0.6 is 27.3 Å². The van der Waals surface area contributed by atoms with E-state index in [0.29, 0.717) is 4.47 Å². The summed E-state index contributed by atoms with van der Waals surface area (Å²) in [6.07, 6.45) is 0. The first kappa shape index (κ1) is 14.8. The number of anilines is 1. The monoisotopic (exact) mass is 372 g/mol. The zero-order valence-electron chi connectivity index (χ0n) is 10.3. The fourth-order valence-corrected chi connectivity index (χ4v) is 4.29. The van der Waals surface area contributed by atoms with E-state index in [2.05, 4.69) is 20.7 Å². The van der Waals surface area contributed by atoms with Crippen LogP contribution in [0.4, 0.5) is 5.00 Å². The Morgan fingerprint density at radius 3 is 2.80 bits per heavy atom. The predicted molar refractivity (Wildman–Crippen MR) is 80.5 cm³/mol. The second-order valence-electron chi connectivity index (χ2n) is 3.68. The summed E-state index contributed by atoms with van der Waals surface area (Å²) in [7, 11) is -2.43. The molecule has 5 nitrogen and oxygen atoms in total. The number of halogens is 1. The molecule has 0 aliphatic carbocycles. The van der Waals surface area contributed by atoms with Crippen molar-refractivity contribution in [2.24, 2.45) is 0 Å². The molecule has 8 heteroatoms. The van der Waals surface area contributed by atoms with Gasteiger partial charge in [0, 0.05) is 4.47 Å². The van der Waals surface area contributed by atoms with E-state index in [0.717, 1.165) is 11.3 Å². The number of nitrogens with zero attached hydrogens (tertiary/aromatic N) is 1. The molecule has 0 spiro atoms. The number of ether oxygens (including phenoxy) is 1. The third kappa shape index (κ3) is 2.95. The minimum absolute atomic E-state index is 0.00617. The van der Waals surface area contributed by atoms with Gasteiger partial charge < -0.3 is 4.74 Å². The van der Waals surface area contributed by atoms with Crippen molar-refractivity contribution in [3.63, 3.8) is 0 Å². The average Bonchev–Trinajstić information content (AvgIpc) is 2.85. The van der Waals surface area contributed by atoms with Gasteiger partial charge in [0.2, 0.25) is 0 Å². The van der Waals surface area contributed by atoms with E-state index >= 15 is 0 Å². The summed E-state index contributed by atoms with van der Waals surface area (Å²) in [6, 6.07) is 8.17. The highest BCUT2D eigenvalue weighted by molar-refractivity contribution is 9.10. The lowest BCUT2D eigenvalue weighted by Crippen LogP contribution is -2.14. The largest absolute Gasteiger partial charge is 0.495 e. The van der Waals surface area contributed by atoms with Crippen LogP contribution < -0.4 is 9.46 Å². The summed E-state index contributed by atoms with van der Waals surface area (Å²) in [4.78, 5) is 0.00617. The highest BCUT2D eigenvalue weighted by Crippen LogP contribution is 2.31. The zero-order valence-corrected chi connectivity index (χ0v) is 13.5. The molecular weight excluding hydrogens is 364 g/mol. The SMILES string of the molecule is COc1ccc(Br)cc1S(=O)(=O)Nc1sccc1C#N. The van der Waals surface area contributed by atoms with Gasteiger partial charge in [0.1, 0.15) is 21.7 Å². The zero-order chi connectivity index (χ0) is 14.8. The number of thiophene rings is 1. The predicted octanol–water partition coefficient (Wildman–Crippen LogP) is 3.19. The Balaban J connectivity index is 2.46. The van der Waals surface area contributed by atoms with Crippen LogP contribution in [-0.4, -0.2) is 15.5 Å². The summed E-state index contributed by atoms with van der Waals surface area (Å²) >= 11 is 4.37. The number of hydrogen-bond donors (Lipinski definition) is 1. The maximum atomic E-state index is 12.4. The lowest BCUT2D eigenvalue weighted by Gasteiger charge is -2.11. The Kier molecular flexibility index (Phi) is 4.32. The molecule has 0 fully saturated rings. The molecule has 0 aliphatic heterocycles. The Morgan fingerprint density at radius 2 is 2.15 bits per heavy atom. The van der Waals surface area contributed by atoms with E-state index < -0.39 is 10.0 Å². The quantitative estimate of drug-likeness (QED) is 0.893. The summed E-state index contributed by atoms with van der Waals surface area (Å²) < 4.78 is 32.9. The van der Waals surface area contributed by atoms with Crippen molar-refractivity contribution in [1.29, 1.82) is 5.26 Å². The molecule has 104 valence electrons. The van der Waals surface area contributed by atoms with Crippen molar-refractivity contribution in [3.8, 4) is 11.8 Å². The molecule has 20 heavy (non-hydrogen) atoms. The van der Waals surface area contributed by atoms with E-state index in [-0.39, 0.29) is 21.2 Å². The number of hydrogen-bond acceptors (Lipinski definition) is 5. The van der Waals surface area contributed by atoms with Gasteiger partial charge in [0.05, 0.1) is 12.7 Å². The molecule has 0 saturated carbocycles. The van der Waals surface area contributed by atoms with Gasteiger partial charge in [-0.05, 0) is 29.6 Å². The molecule has 2 rings (SSSR count). The van der Waals surface area contributed by atoms with Crippen molar-refractivity contribution < 1.29 is 13.2 Å². The van der Waals surface area contributed by atoms with E-state index in [1.54, 1.807) is 23.6 Å². The molecule has 1 aromatic heterocycles. The molecular formula is C12H9BrN2O3S2. The topological polar surface area (TPSA) is 79.2 Å². The Morgan fingerprint density at radius 1 is 1.40 bits per heavy atom. The first-order valence-electron chi connectivity index (χ1n) is 5.32. The third-order valence-electron chi connectivity index (χ3n) is 2.43. The smallest absolute Gasteiger partial charge is 0.266 e. The van der Waals surface area contributed by atoms with Crippen molar-refractivity contribution in [2.45, 2.75) is 4.90 Å². The standard InChI is InChI=1S/C12H9BrN2O3S2/c1-18-10-3-2-9(13)6-11(10)20(16,17)15-12-8(7-14)4-5-19-12/h2-6,15H,1H3.